The molecule has 0 amide bonds. The number of rotatable bonds is 5. The van der Waals surface area contributed by atoms with Gasteiger partial charge >= 0.3 is 0 Å². The van der Waals surface area contributed by atoms with Gasteiger partial charge in [0.25, 0.3) is 0 Å². The molecule has 0 bridgehead atoms. The van der Waals surface area contributed by atoms with E-state index in [2.05, 4.69) is 70.5 Å². The molecule has 0 radical (unpaired) electrons. The van der Waals surface area contributed by atoms with Crippen LogP contribution in [0.3, 0.4) is 0 Å². The summed E-state index contributed by atoms with van der Waals surface area (Å²) in [5, 5.41) is 0. The first-order valence-corrected chi connectivity index (χ1v) is 10.0. The third-order valence-corrected chi connectivity index (χ3v) is 6.06. The molecular formula is C23H30N2O. The molecule has 0 aromatic heterocycles. The molecule has 0 N–H and O–H groups in total. The Morgan fingerprint density at radius 1 is 0.731 bits per heavy atom. The number of hydrogen-bond donors (Lipinski definition) is 0. The third-order valence-electron chi connectivity index (χ3n) is 6.06. The fourth-order valence-corrected chi connectivity index (χ4v) is 4.60. The lowest BCUT2D eigenvalue weighted by molar-refractivity contribution is 0.0306. The first kappa shape index (κ1) is 17.7. The van der Waals surface area contributed by atoms with E-state index >= 15 is 0 Å². The van der Waals surface area contributed by atoms with Crippen LogP contribution in [0.1, 0.15) is 24.0 Å². The van der Waals surface area contributed by atoms with Crippen molar-refractivity contribution in [2.75, 3.05) is 52.5 Å². The maximum atomic E-state index is 5.49. The Morgan fingerprint density at radius 3 is 1.92 bits per heavy atom. The normalized spacial score (nSPS) is 21.5. The van der Waals surface area contributed by atoms with Gasteiger partial charge in [0.05, 0.1) is 13.2 Å². The van der Waals surface area contributed by atoms with E-state index in [-0.39, 0.29) is 5.41 Å². The van der Waals surface area contributed by atoms with E-state index in [1.165, 1.54) is 30.5 Å². The van der Waals surface area contributed by atoms with Crippen LogP contribution in [0, 0.1) is 0 Å². The van der Waals surface area contributed by atoms with Crippen molar-refractivity contribution in [1.82, 2.24) is 9.80 Å². The Hall–Kier alpha value is -1.68. The van der Waals surface area contributed by atoms with Crippen LogP contribution in [-0.2, 0) is 10.2 Å². The van der Waals surface area contributed by atoms with E-state index in [4.69, 9.17) is 4.74 Å². The third kappa shape index (κ3) is 3.85. The molecule has 138 valence electrons. The molecule has 2 aromatic carbocycles. The van der Waals surface area contributed by atoms with Gasteiger partial charge in [0, 0.05) is 38.1 Å². The fraction of sp³-hybridized carbons (Fsp3) is 0.478. The Morgan fingerprint density at radius 2 is 1.31 bits per heavy atom. The number of morpholine rings is 1. The predicted molar refractivity (Wildman–Crippen MR) is 107 cm³/mol. The minimum Gasteiger partial charge on any atom is -0.379 e. The minimum absolute atomic E-state index is 0.117. The second-order valence-electron chi connectivity index (χ2n) is 7.65. The topological polar surface area (TPSA) is 15.7 Å². The highest BCUT2D eigenvalue weighted by Crippen LogP contribution is 2.40. The number of likely N-dealkylation sites (tertiary alicyclic amines) is 1. The maximum Gasteiger partial charge on any atom is 0.0594 e. The Bertz CT molecular complexity index is 628. The first-order chi connectivity index (χ1) is 12.9. The monoisotopic (exact) mass is 350 g/mol. The van der Waals surface area contributed by atoms with Crippen LogP contribution in [0.4, 0.5) is 0 Å². The predicted octanol–water partition coefficient (Wildman–Crippen LogP) is 3.40. The van der Waals surface area contributed by atoms with E-state index in [1.807, 2.05) is 0 Å². The zero-order chi connectivity index (χ0) is 17.7. The highest BCUT2D eigenvalue weighted by Gasteiger charge is 2.38. The summed E-state index contributed by atoms with van der Waals surface area (Å²) in [6.07, 6.45) is 2.49. The maximum absolute atomic E-state index is 5.49. The molecule has 0 unspecified atom stereocenters. The van der Waals surface area contributed by atoms with Crippen molar-refractivity contribution >= 4 is 0 Å². The molecule has 0 aliphatic carbocycles. The Labute approximate surface area is 157 Å². The molecule has 2 aliphatic heterocycles. The zero-order valence-corrected chi connectivity index (χ0v) is 15.6. The van der Waals surface area contributed by atoms with Gasteiger partial charge in [-0.15, -0.1) is 0 Å². The summed E-state index contributed by atoms with van der Waals surface area (Å²) < 4.78 is 5.49. The van der Waals surface area contributed by atoms with Crippen molar-refractivity contribution in [2.24, 2.45) is 0 Å². The van der Waals surface area contributed by atoms with Gasteiger partial charge in [-0.2, -0.15) is 0 Å². The summed E-state index contributed by atoms with van der Waals surface area (Å²) in [6.45, 7) is 8.57. The van der Waals surface area contributed by atoms with Crippen molar-refractivity contribution in [3.8, 4) is 0 Å². The summed E-state index contributed by atoms with van der Waals surface area (Å²) in [7, 11) is 0. The van der Waals surface area contributed by atoms with Gasteiger partial charge in [-0.3, -0.25) is 4.90 Å². The van der Waals surface area contributed by atoms with Crippen LogP contribution in [0.5, 0.6) is 0 Å². The number of benzene rings is 2. The van der Waals surface area contributed by atoms with Crippen LogP contribution in [-0.4, -0.2) is 62.3 Å². The van der Waals surface area contributed by atoms with Gasteiger partial charge in [-0.05, 0) is 30.5 Å². The Balaban J connectivity index is 1.54. The van der Waals surface area contributed by atoms with Crippen LogP contribution in [0.25, 0.3) is 0 Å². The highest BCUT2D eigenvalue weighted by atomic mass is 16.5. The molecule has 2 saturated heterocycles. The van der Waals surface area contributed by atoms with Crippen molar-refractivity contribution in [3.63, 3.8) is 0 Å². The van der Waals surface area contributed by atoms with E-state index < -0.39 is 0 Å². The first-order valence-electron chi connectivity index (χ1n) is 10.0. The molecule has 2 aliphatic rings. The summed E-state index contributed by atoms with van der Waals surface area (Å²) in [6, 6.07) is 22.3. The number of nitrogens with zero attached hydrogens (tertiary/aromatic N) is 2. The van der Waals surface area contributed by atoms with Gasteiger partial charge in [-0.25, -0.2) is 0 Å². The second-order valence-corrected chi connectivity index (χ2v) is 7.65. The molecule has 2 heterocycles. The molecular weight excluding hydrogens is 320 g/mol. The smallest absolute Gasteiger partial charge is 0.0594 e. The average Bonchev–Trinajstić information content (AvgIpc) is 2.74. The quantitative estimate of drug-likeness (QED) is 0.822. The van der Waals surface area contributed by atoms with Crippen LogP contribution >= 0.6 is 0 Å². The minimum atomic E-state index is 0.117. The molecule has 3 nitrogen and oxygen atoms in total. The average molecular weight is 351 g/mol. The second kappa shape index (κ2) is 8.34. The molecule has 0 spiro atoms. The molecule has 0 atom stereocenters. The van der Waals surface area contributed by atoms with E-state index in [0.717, 1.165) is 45.9 Å². The van der Waals surface area contributed by atoms with Crippen LogP contribution < -0.4 is 0 Å². The molecule has 26 heavy (non-hydrogen) atoms. The molecule has 2 aromatic rings. The molecule has 2 fully saturated rings. The SMILES string of the molecule is c1ccc(C2(c3ccccc3)CCCN(CCN3CCOCC3)C2)cc1. The fourth-order valence-electron chi connectivity index (χ4n) is 4.60. The number of ether oxygens (including phenoxy) is 1. The van der Waals surface area contributed by atoms with Gasteiger partial charge in [0.1, 0.15) is 0 Å². The summed E-state index contributed by atoms with van der Waals surface area (Å²) in [5.41, 5.74) is 3.04. The van der Waals surface area contributed by atoms with Crippen molar-refractivity contribution in [2.45, 2.75) is 18.3 Å². The van der Waals surface area contributed by atoms with Gasteiger partial charge in [-0.1, -0.05) is 60.7 Å². The van der Waals surface area contributed by atoms with E-state index in [0.29, 0.717) is 0 Å². The molecule has 4 rings (SSSR count). The summed E-state index contributed by atoms with van der Waals surface area (Å²) in [5.74, 6) is 0. The molecule has 3 heteroatoms. The lowest BCUT2D eigenvalue weighted by atomic mass is 9.69. The lowest BCUT2D eigenvalue weighted by Crippen LogP contribution is -2.49. The number of hydrogen-bond acceptors (Lipinski definition) is 3. The Kier molecular flexibility index (Phi) is 5.68. The van der Waals surface area contributed by atoms with Gasteiger partial charge < -0.3 is 9.64 Å². The van der Waals surface area contributed by atoms with Crippen LogP contribution in [0.2, 0.25) is 0 Å². The van der Waals surface area contributed by atoms with Crippen LogP contribution in [0.15, 0.2) is 60.7 Å². The standard InChI is InChI=1S/C23H30N2O/c1-3-8-21(9-4-1)23(22-10-5-2-6-11-22)12-7-13-25(20-23)15-14-24-16-18-26-19-17-24/h1-6,8-11H,7,12-20H2. The number of piperidine rings is 1. The van der Waals surface area contributed by atoms with Gasteiger partial charge in [0.15, 0.2) is 0 Å². The van der Waals surface area contributed by atoms with Crippen molar-refractivity contribution in [3.05, 3.63) is 71.8 Å². The van der Waals surface area contributed by atoms with E-state index in [1.54, 1.807) is 0 Å². The largest absolute Gasteiger partial charge is 0.379 e. The van der Waals surface area contributed by atoms with Crippen molar-refractivity contribution in [1.29, 1.82) is 0 Å². The van der Waals surface area contributed by atoms with E-state index in [9.17, 15) is 0 Å². The molecule has 0 saturated carbocycles. The summed E-state index contributed by atoms with van der Waals surface area (Å²) >= 11 is 0. The van der Waals surface area contributed by atoms with Gasteiger partial charge in [0.2, 0.25) is 0 Å². The van der Waals surface area contributed by atoms with Crippen molar-refractivity contribution < 1.29 is 4.74 Å². The zero-order valence-electron chi connectivity index (χ0n) is 15.6. The lowest BCUT2D eigenvalue weighted by Gasteiger charge is -2.44. The highest BCUT2D eigenvalue weighted by molar-refractivity contribution is 5.40. The summed E-state index contributed by atoms with van der Waals surface area (Å²) in [4.78, 5) is 5.23.